The quantitative estimate of drug-likeness (QED) is 0.522. The summed E-state index contributed by atoms with van der Waals surface area (Å²) >= 11 is 0. The third-order valence-corrected chi connectivity index (χ3v) is 7.52. The standard InChI is InChI=1S/C28H27BF2N2O5/c1-27(2)28(3,4)38-29(37-27)21-13-10-17(14-22(21)31)32-25(35)20-15-19-23(6-5-7-24(19)34)33(26(20)36)18-11-8-16(30)9-12-18/h8-15H,5-7H2,1-4H3,(H,32,35). The third-order valence-electron chi connectivity index (χ3n) is 7.52. The summed E-state index contributed by atoms with van der Waals surface area (Å²) in [5, 5.41) is 2.55. The minimum atomic E-state index is -0.917. The van der Waals surface area contributed by atoms with E-state index in [4.69, 9.17) is 9.31 Å². The number of pyridine rings is 1. The van der Waals surface area contributed by atoms with Gasteiger partial charge >= 0.3 is 7.12 Å². The number of Topliss-reactive ketones (excluding diaryl/α,β-unsaturated/α-hetero) is 1. The number of anilines is 1. The predicted octanol–water partition coefficient (Wildman–Crippen LogP) is 4.19. The third kappa shape index (κ3) is 4.48. The summed E-state index contributed by atoms with van der Waals surface area (Å²) in [5.74, 6) is -2.11. The number of hydrogen-bond donors (Lipinski definition) is 1. The van der Waals surface area contributed by atoms with E-state index in [-0.39, 0.29) is 28.1 Å². The van der Waals surface area contributed by atoms with Crippen molar-refractivity contribution in [2.24, 2.45) is 0 Å². The molecule has 5 rings (SSSR count). The van der Waals surface area contributed by atoms with Crippen molar-refractivity contribution in [3.63, 3.8) is 0 Å². The number of nitrogens with zero attached hydrogens (tertiary/aromatic N) is 1. The second-order valence-corrected chi connectivity index (χ2v) is 10.6. The normalized spacial score (nSPS) is 17.8. The van der Waals surface area contributed by atoms with Crippen molar-refractivity contribution in [1.82, 2.24) is 4.57 Å². The molecule has 0 atom stereocenters. The Morgan fingerprint density at radius 2 is 1.61 bits per heavy atom. The van der Waals surface area contributed by atoms with Gasteiger partial charge in [0.2, 0.25) is 0 Å². The number of halogens is 2. The fourth-order valence-corrected chi connectivity index (χ4v) is 4.68. The maximum Gasteiger partial charge on any atom is 0.497 e. The average Bonchev–Trinajstić information content (AvgIpc) is 3.06. The fourth-order valence-electron chi connectivity index (χ4n) is 4.68. The van der Waals surface area contributed by atoms with Crippen LogP contribution in [0.1, 0.15) is 66.9 Å². The number of fused-ring (bicyclic) bond motifs is 1. The van der Waals surface area contributed by atoms with Crippen LogP contribution in [0.25, 0.3) is 5.69 Å². The summed E-state index contributed by atoms with van der Waals surface area (Å²) in [6.07, 6.45) is 1.31. The highest BCUT2D eigenvalue weighted by Crippen LogP contribution is 2.36. The molecule has 0 saturated carbocycles. The SMILES string of the molecule is CC1(C)OB(c2ccc(NC(=O)c3cc4c(n(-c5ccc(F)cc5)c3=O)CCCC4=O)cc2F)OC1(C)C. The zero-order chi connectivity index (χ0) is 27.4. The number of amides is 1. The van der Waals surface area contributed by atoms with Gasteiger partial charge in [-0.3, -0.25) is 19.0 Å². The van der Waals surface area contributed by atoms with Crippen molar-refractivity contribution in [2.75, 3.05) is 5.32 Å². The highest BCUT2D eigenvalue weighted by molar-refractivity contribution is 6.62. The van der Waals surface area contributed by atoms with Crippen molar-refractivity contribution >= 4 is 30.0 Å². The van der Waals surface area contributed by atoms with Gasteiger partial charge in [-0.15, -0.1) is 0 Å². The Balaban J connectivity index is 1.48. The van der Waals surface area contributed by atoms with E-state index in [0.29, 0.717) is 30.6 Å². The average molecular weight is 520 g/mol. The molecule has 1 amide bonds. The van der Waals surface area contributed by atoms with Gasteiger partial charge in [0.05, 0.1) is 11.2 Å². The van der Waals surface area contributed by atoms with Crippen LogP contribution in [0.5, 0.6) is 0 Å². The highest BCUT2D eigenvalue weighted by atomic mass is 19.1. The summed E-state index contributed by atoms with van der Waals surface area (Å²) in [5.41, 5.74) is -0.842. The molecule has 7 nitrogen and oxygen atoms in total. The van der Waals surface area contributed by atoms with Crippen molar-refractivity contribution in [3.8, 4) is 5.69 Å². The predicted molar refractivity (Wildman–Crippen MR) is 139 cm³/mol. The summed E-state index contributed by atoms with van der Waals surface area (Å²) < 4.78 is 41.7. The first-order valence-electron chi connectivity index (χ1n) is 12.4. The van der Waals surface area contributed by atoms with Gasteiger partial charge in [-0.2, -0.15) is 0 Å². The Labute approximate surface area is 218 Å². The molecule has 38 heavy (non-hydrogen) atoms. The fraction of sp³-hybridized carbons (Fsp3) is 0.321. The van der Waals surface area contributed by atoms with E-state index in [1.807, 2.05) is 27.7 Å². The molecule has 1 aliphatic heterocycles. The lowest BCUT2D eigenvalue weighted by Crippen LogP contribution is -2.41. The van der Waals surface area contributed by atoms with Crippen LogP contribution in [0.3, 0.4) is 0 Å². The van der Waals surface area contributed by atoms with Crippen LogP contribution in [0, 0.1) is 11.6 Å². The molecule has 196 valence electrons. The second kappa shape index (κ2) is 9.29. The van der Waals surface area contributed by atoms with Gasteiger partial charge in [-0.1, -0.05) is 6.07 Å². The molecule has 2 aliphatic rings. The number of ketones is 1. The molecule has 1 aliphatic carbocycles. The van der Waals surface area contributed by atoms with Crippen molar-refractivity contribution < 1.29 is 27.7 Å². The summed E-state index contributed by atoms with van der Waals surface area (Å²) in [4.78, 5) is 39.4. The Kier molecular flexibility index (Phi) is 6.35. The number of carbonyl (C=O) groups excluding carboxylic acids is 2. The lowest BCUT2D eigenvalue weighted by Gasteiger charge is -2.32. The minimum absolute atomic E-state index is 0.115. The molecule has 3 aromatic rings. The lowest BCUT2D eigenvalue weighted by atomic mass is 9.78. The number of hydrogen-bond acceptors (Lipinski definition) is 5. The topological polar surface area (TPSA) is 86.6 Å². The Bertz CT molecular complexity index is 1500. The van der Waals surface area contributed by atoms with E-state index in [1.54, 1.807) is 0 Å². The van der Waals surface area contributed by atoms with Gasteiger partial charge in [0, 0.05) is 34.5 Å². The van der Waals surface area contributed by atoms with Gasteiger partial charge < -0.3 is 14.6 Å². The van der Waals surface area contributed by atoms with Crippen LogP contribution in [0.4, 0.5) is 14.5 Å². The molecule has 0 spiro atoms. The molecule has 2 aromatic carbocycles. The van der Waals surface area contributed by atoms with E-state index in [9.17, 15) is 18.8 Å². The second-order valence-electron chi connectivity index (χ2n) is 10.6. The number of aromatic nitrogens is 1. The molecule has 10 heteroatoms. The van der Waals surface area contributed by atoms with Crippen LogP contribution in [-0.4, -0.2) is 34.6 Å². The Morgan fingerprint density at radius 3 is 2.24 bits per heavy atom. The van der Waals surface area contributed by atoms with Crippen LogP contribution < -0.4 is 16.3 Å². The molecule has 0 bridgehead atoms. The molecule has 1 N–H and O–H groups in total. The molecule has 1 saturated heterocycles. The first kappa shape index (κ1) is 26.0. The Hall–Kier alpha value is -3.63. The van der Waals surface area contributed by atoms with E-state index in [2.05, 4.69) is 5.32 Å². The first-order chi connectivity index (χ1) is 17.9. The van der Waals surface area contributed by atoms with Crippen LogP contribution in [-0.2, 0) is 15.7 Å². The van der Waals surface area contributed by atoms with Gasteiger partial charge in [0.25, 0.3) is 11.5 Å². The van der Waals surface area contributed by atoms with Crippen molar-refractivity contribution in [3.05, 3.63) is 87.3 Å². The van der Waals surface area contributed by atoms with E-state index >= 15 is 4.39 Å². The largest absolute Gasteiger partial charge is 0.497 e. The van der Waals surface area contributed by atoms with Crippen LogP contribution >= 0.6 is 0 Å². The summed E-state index contributed by atoms with van der Waals surface area (Å²) in [7, 11) is -0.917. The molecule has 0 unspecified atom stereocenters. The number of benzene rings is 2. The van der Waals surface area contributed by atoms with Crippen molar-refractivity contribution in [1.29, 1.82) is 0 Å². The summed E-state index contributed by atoms with van der Waals surface area (Å²) in [6, 6.07) is 10.6. The van der Waals surface area contributed by atoms with E-state index < -0.39 is 41.4 Å². The summed E-state index contributed by atoms with van der Waals surface area (Å²) in [6.45, 7) is 7.45. The van der Waals surface area contributed by atoms with Crippen LogP contribution in [0.15, 0.2) is 53.3 Å². The number of nitrogens with one attached hydrogen (secondary N) is 1. The number of rotatable bonds is 4. The zero-order valence-electron chi connectivity index (χ0n) is 21.6. The maximum absolute atomic E-state index is 15.1. The van der Waals surface area contributed by atoms with Gasteiger partial charge in [-0.25, -0.2) is 8.78 Å². The highest BCUT2D eigenvalue weighted by Gasteiger charge is 2.52. The molecule has 1 aromatic heterocycles. The number of carbonyl (C=O) groups is 2. The maximum atomic E-state index is 15.1. The molecule has 1 fully saturated rings. The molecule has 0 radical (unpaired) electrons. The smallest absolute Gasteiger partial charge is 0.399 e. The van der Waals surface area contributed by atoms with E-state index in [1.165, 1.54) is 47.0 Å². The molecular formula is C28H27BF2N2O5. The van der Waals surface area contributed by atoms with Crippen molar-refractivity contribution in [2.45, 2.75) is 58.2 Å². The zero-order valence-corrected chi connectivity index (χ0v) is 21.6. The lowest BCUT2D eigenvalue weighted by molar-refractivity contribution is 0.00578. The first-order valence-corrected chi connectivity index (χ1v) is 12.4. The monoisotopic (exact) mass is 520 g/mol. The van der Waals surface area contributed by atoms with Gasteiger partial charge in [0.1, 0.15) is 17.2 Å². The van der Waals surface area contributed by atoms with Gasteiger partial charge in [-0.05, 0) is 83.0 Å². The Morgan fingerprint density at radius 1 is 0.947 bits per heavy atom. The van der Waals surface area contributed by atoms with Gasteiger partial charge in [0.15, 0.2) is 5.78 Å². The van der Waals surface area contributed by atoms with E-state index in [0.717, 1.165) is 6.07 Å². The molecule has 2 heterocycles. The molecular weight excluding hydrogens is 493 g/mol. The minimum Gasteiger partial charge on any atom is -0.399 e. The van der Waals surface area contributed by atoms with Crippen LogP contribution in [0.2, 0.25) is 0 Å².